The lowest BCUT2D eigenvalue weighted by atomic mass is 9.89. The summed E-state index contributed by atoms with van der Waals surface area (Å²) in [6.07, 6.45) is 3.97. The van der Waals surface area contributed by atoms with Crippen LogP contribution in [-0.2, 0) is 4.74 Å². The summed E-state index contributed by atoms with van der Waals surface area (Å²) in [4.78, 5) is 19.0. The number of piperidine rings is 1. The van der Waals surface area contributed by atoms with Crippen molar-refractivity contribution in [2.45, 2.75) is 37.9 Å². The highest BCUT2D eigenvalue weighted by molar-refractivity contribution is 5.93. The van der Waals surface area contributed by atoms with Crippen molar-refractivity contribution < 1.29 is 18.7 Å². The molecule has 2 fully saturated rings. The van der Waals surface area contributed by atoms with Gasteiger partial charge in [0.05, 0.1) is 18.8 Å². The van der Waals surface area contributed by atoms with Gasteiger partial charge < -0.3 is 14.4 Å². The number of ether oxygens (including phenoxy) is 2. The van der Waals surface area contributed by atoms with Crippen LogP contribution in [0.1, 0.15) is 35.3 Å². The molecule has 0 radical (unpaired) electrons. The first-order valence-electron chi connectivity index (χ1n) is 9.32. The Labute approximate surface area is 158 Å². The maximum absolute atomic E-state index is 13.4. The fourth-order valence-corrected chi connectivity index (χ4v) is 4.03. The third kappa shape index (κ3) is 3.81. The average molecular weight is 370 g/mol. The van der Waals surface area contributed by atoms with Crippen molar-refractivity contribution in [3.8, 4) is 5.75 Å². The Hall–Kier alpha value is -2.47. The van der Waals surface area contributed by atoms with E-state index in [9.17, 15) is 9.18 Å². The van der Waals surface area contributed by atoms with E-state index in [1.807, 2.05) is 24.0 Å². The van der Waals surface area contributed by atoms with E-state index in [0.29, 0.717) is 37.6 Å². The molecule has 0 unspecified atom stereocenters. The van der Waals surface area contributed by atoms with E-state index in [1.165, 1.54) is 12.1 Å². The highest BCUT2D eigenvalue weighted by atomic mass is 19.1. The fraction of sp³-hybridized carbons (Fsp3) is 0.429. The second-order valence-corrected chi connectivity index (χ2v) is 7.39. The summed E-state index contributed by atoms with van der Waals surface area (Å²) in [6, 6.07) is 9.88. The lowest BCUT2D eigenvalue weighted by Crippen LogP contribution is -2.50. The van der Waals surface area contributed by atoms with Crippen LogP contribution in [-0.4, -0.2) is 47.2 Å². The predicted octanol–water partition coefficient (Wildman–Crippen LogP) is 3.37. The van der Waals surface area contributed by atoms with Crippen LogP contribution in [0.3, 0.4) is 0 Å². The number of aromatic nitrogens is 1. The molecule has 142 valence electrons. The van der Waals surface area contributed by atoms with Crippen molar-refractivity contribution >= 4 is 5.91 Å². The minimum absolute atomic E-state index is 0.0507. The topological polar surface area (TPSA) is 51.7 Å². The van der Waals surface area contributed by atoms with Crippen LogP contribution in [0.5, 0.6) is 5.75 Å². The van der Waals surface area contributed by atoms with E-state index in [4.69, 9.17) is 9.47 Å². The molecule has 5 nitrogen and oxygen atoms in total. The monoisotopic (exact) mass is 370 g/mol. The number of hydrogen-bond donors (Lipinski definition) is 0. The second-order valence-electron chi connectivity index (χ2n) is 7.39. The molecule has 0 aliphatic carbocycles. The highest BCUT2D eigenvalue weighted by Gasteiger charge is 2.45. The number of halogens is 1. The molecule has 0 bridgehead atoms. The Balaban J connectivity index is 1.43. The molecule has 2 aromatic rings. The number of aryl methyl sites for hydroxylation is 1. The maximum Gasteiger partial charge on any atom is 0.272 e. The van der Waals surface area contributed by atoms with Gasteiger partial charge in [0.1, 0.15) is 23.4 Å². The van der Waals surface area contributed by atoms with Gasteiger partial charge in [-0.3, -0.25) is 9.78 Å². The van der Waals surface area contributed by atoms with Gasteiger partial charge in [0, 0.05) is 25.2 Å². The molecule has 3 heterocycles. The number of rotatable bonds is 3. The van der Waals surface area contributed by atoms with Crippen LogP contribution in [0.25, 0.3) is 0 Å². The first-order valence-corrected chi connectivity index (χ1v) is 9.32. The summed E-state index contributed by atoms with van der Waals surface area (Å²) in [5.41, 5.74) is 0.982. The van der Waals surface area contributed by atoms with Gasteiger partial charge in [-0.25, -0.2) is 4.39 Å². The predicted molar refractivity (Wildman–Crippen MR) is 98.2 cm³/mol. The molecule has 27 heavy (non-hydrogen) atoms. The number of carbonyl (C=O) groups excluding carboxylic acids is 1. The Kier molecular flexibility index (Phi) is 4.83. The normalized spacial score (nSPS) is 25.0. The van der Waals surface area contributed by atoms with E-state index < -0.39 is 5.60 Å². The smallest absolute Gasteiger partial charge is 0.272 e. The van der Waals surface area contributed by atoms with Gasteiger partial charge in [0.15, 0.2) is 0 Å². The van der Waals surface area contributed by atoms with Gasteiger partial charge in [-0.05, 0) is 43.5 Å². The van der Waals surface area contributed by atoms with Gasteiger partial charge in [0.2, 0.25) is 0 Å². The molecule has 2 saturated heterocycles. The first-order chi connectivity index (χ1) is 13.0. The van der Waals surface area contributed by atoms with Crippen LogP contribution in [0.4, 0.5) is 4.39 Å². The largest absolute Gasteiger partial charge is 0.488 e. The second kappa shape index (κ2) is 7.27. The minimum Gasteiger partial charge on any atom is -0.488 e. The SMILES string of the molecule is Cc1cccnc1C(=O)N1CCC[C@@]2(C[C@@H](Oc3cccc(F)c3)CO2)C1. The lowest BCUT2D eigenvalue weighted by molar-refractivity contribution is -0.0454. The van der Waals surface area contributed by atoms with Crippen molar-refractivity contribution in [2.75, 3.05) is 19.7 Å². The summed E-state index contributed by atoms with van der Waals surface area (Å²) in [7, 11) is 0. The van der Waals surface area contributed by atoms with Crippen molar-refractivity contribution in [3.63, 3.8) is 0 Å². The van der Waals surface area contributed by atoms with E-state index in [1.54, 1.807) is 18.3 Å². The van der Waals surface area contributed by atoms with E-state index >= 15 is 0 Å². The Morgan fingerprint density at radius 1 is 1.37 bits per heavy atom. The summed E-state index contributed by atoms with van der Waals surface area (Å²) in [5.74, 6) is 0.139. The summed E-state index contributed by atoms with van der Waals surface area (Å²) in [5, 5.41) is 0. The fourth-order valence-electron chi connectivity index (χ4n) is 4.03. The Morgan fingerprint density at radius 3 is 3.07 bits per heavy atom. The summed E-state index contributed by atoms with van der Waals surface area (Å²) in [6.45, 7) is 3.58. The molecular weight excluding hydrogens is 347 g/mol. The number of amides is 1. The van der Waals surface area contributed by atoms with Crippen LogP contribution >= 0.6 is 0 Å². The Bertz CT molecular complexity index is 844. The minimum atomic E-state index is -0.394. The Morgan fingerprint density at radius 2 is 2.26 bits per heavy atom. The van der Waals surface area contributed by atoms with Gasteiger partial charge in [-0.2, -0.15) is 0 Å². The third-order valence-corrected chi connectivity index (χ3v) is 5.31. The van der Waals surface area contributed by atoms with Crippen LogP contribution in [0.2, 0.25) is 0 Å². The molecule has 0 N–H and O–H groups in total. The molecule has 6 heteroatoms. The van der Waals surface area contributed by atoms with E-state index in [-0.39, 0.29) is 17.8 Å². The number of carbonyl (C=O) groups is 1. The van der Waals surface area contributed by atoms with Gasteiger partial charge in [-0.1, -0.05) is 12.1 Å². The van der Waals surface area contributed by atoms with Crippen molar-refractivity contribution in [1.29, 1.82) is 0 Å². The van der Waals surface area contributed by atoms with Crippen molar-refractivity contribution in [3.05, 3.63) is 59.7 Å². The number of nitrogens with zero attached hydrogens (tertiary/aromatic N) is 2. The molecular formula is C21H23FN2O3. The van der Waals surface area contributed by atoms with Crippen LogP contribution in [0, 0.1) is 12.7 Å². The van der Waals surface area contributed by atoms with Crippen LogP contribution in [0.15, 0.2) is 42.6 Å². The highest BCUT2D eigenvalue weighted by Crippen LogP contribution is 2.36. The van der Waals surface area contributed by atoms with Crippen LogP contribution < -0.4 is 4.74 Å². The third-order valence-electron chi connectivity index (χ3n) is 5.31. The number of pyridine rings is 1. The van der Waals surface area contributed by atoms with Crippen molar-refractivity contribution in [2.24, 2.45) is 0 Å². The molecule has 4 rings (SSSR count). The number of likely N-dealkylation sites (tertiary alicyclic amines) is 1. The molecule has 1 spiro atoms. The zero-order valence-electron chi connectivity index (χ0n) is 15.4. The molecule has 1 aromatic heterocycles. The molecule has 2 aliphatic heterocycles. The molecule has 0 saturated carbocycles. The van der Waals surface area contributed by atoms with E-state index in [0.717, 1.165) is 18.4 Å². The zero-order chi connectivity index (χ0) is 18.9. The molecule has 2 aliphatic rings. The maximum atomic E-state index is 13.4. The first kappa shape index (κ1) is 17.9. The van der Waals surface area contributed by atoms with Gasteiger partial charge >= 0.3 is 0 Å². The van der Waals surface area contributed by atoms with Crippen molar-refractivity contribution in [1.82, 2.24) is 9.88 Å². The quantitative estimate of drug-likeness (QED) is 0.831. The number of benzene rings is 1. The van der Waals surface area contributed by atoms with E-state index in [2.05, 4.69) is 4.98 Å². The standard InChI is InChI=1S/C21H23FN2O3/c1-15-5-3-9-23-19(15)20(25)24-10-4-8-21(14-24)12-18(13-26-21)27-17-7-2-6-16(22)11-17/h2-3,5-7,9,11,18H,4,8,10,12-14H2,1H3/t18-,21-/m1/s1. The molecule has 1 amide bonds. The van der Waals surface area contributed by atoms with Gasteiger partial charge in [0.25, 0.3) is 5.91 Å². The summed E-state index contributed by atoms with van der Waals surface area (Å²) >= 11 is 0. The lowest BCUT2D eigenvalue weighted by Gasteiger charge is -2.39. The molecule has 1 aromatic carbocycles. The molecule has 2 atom stereocenters. The summed E-state index contributed by atoms with van der Waals surface area (Å²) < 4.78 is 25.4. The number of hydrogen-bond acceptors (Lipinski definition) is 4. The average Bonchev–Trinajstić information content (AvgIpc) is 3.03. The zero-order valence-corrected chi connectivity index (χ0v) is 15.4. The van der Waals surface area contributed by atoms with Gasteiger partial charge in [-0.15, -0.1) is 0 Å².